The number of fused-ring (bicyclic) bond motifs is 3. The van der Waals surface area contributed by atoms with Crippen molar-refractivity contribution in [2.24, 2.45) is 0 Å². The van der Waals surface area contributed by atoms with Crippen LogP contribution in [0.25, 0.3) is 22.1 Å². The second-order valence-electron chi connectivity index (χ2n) is 7.58. The van der Waals surface area contributed by atoms with Crippen molar-refractivity contribution in [1.29, 1.82) is 0 Å². The quantitative estimate of drug-likeness (QED) is 0.318. The molecule has 0 saturated heterocycles. The van der Waals surface area contributed by atoms with Crippen LogP contribution in [0, 0.1) is 13.8 Å². The first-order valence-electron chi connectivity index (χ1n) is 10.0. The molecular weight excluding hydrogens is 463 g/mol. The van der Waals surface area contributed by atoms with Crippen molar-refractivity contribution in [2.45, 2.75) is 20.5 Å². The molecule has 2 aromatic heterocycles. The minimum atomic E-state index is -0.0775. The van der Waals surface area contributed by atoms with Gasteiger partial charge in [-0.2, -0.15) is 0 Å². The second-order valence-corrected chi connectivity index (χ2v) is 9.44. The van der Waals surface area contributed by atoms with Crippen LogP contribution in [0.15, 0.2) is 59.4 Å². The molecule has 0 spiro atoms. The number of nitrogens with zero attached hydrogens (tertiary/aromatic N) is 2. The van der Waals surface area contributed by atoms with Crippen molar-refractivity contribution in [3.05, 3.63) is 102 Å². The van der Waals surface area contributed by atoms with E-state index < -0.39 is 0 Å². The lowest BCUT2D eigenvalue weighted by atomic mass is 10.1. The van der Waals surface area contributed by atoms with Gasteiger partial charge in [-0.3, -0.25) is 4.79 Å². The Morgan fingerprint density at radius 1 is 1.09 bits per heavy atom. The predicted molar refractivity (Wildman–Crippen MR) is 132 cm³/mol. The number of imidazole rings is 1. The molecule has 0 fully saturated rings. The van der Waals surface area contributed by atoms with Gasteiger partial charge in [0.1, 0.15) is 12.4 Å². The molecule has 0 atom stereocenters. The third-order valence-electron chi connectivity index (χ3n) is 5.54. The first kappa shape index (κ1) is 21.0. The van der Waals surface area contributed by atoms with Crippen LogP contribution in [-0.4, -0.2) is 9.38 Å². The van der Waals surface area contributed by atoms with Crippen LogP contribution in [0.1, 0.15) is 22.3 Å². The molecule has 5 aromatic rings. The molecule has 2 heterocycles. The Kier molecular flexibility index (Phi) is 5.41. The van der Waals surface area contributed by atoms with E-state index in [0.717, 1.165) is 33.3 Å². The Labute approximate surface area is 198 Å². The lowest BCUT2D eigenvalue weighted by Gasteiger charge is -2.10. The van der Waals surface area contributed by atoms with E-state index in [2.05, 4.69) is 0 Å². The second kappa shape index (κ2) is 8.24. The van der Waals surface area contributed by atoms with Gasteiger partial charge in [0.05, 0.1) is 15.6 Å². The summed E-state index contributed by atoms with van der Waals surface area (Å²) < 4.78 is 8.33. The summed E-state index contributed by atoms with van der Waals surface area (Å²) >= 11 is 13.6. The van der Waals surface area contributed by atoms with Gasteiger partial charge in [-0.1, -0.05) is 64.9 Å². The fraction of sp³-hybridized carbons (Fsp3) is 0.120. The van der Waals surface area contributed by atoms with Gasteiger partial charge >= 0.3 is 0 Å². The van der Waals surface area contributed by atoms with Crippen LogP contribution < -0.4 is 14.8 Å². The number of halogens is 2. The van der Waals surface area contributed by atoms with E-state index >= 15 is 0 Å². The molecule has 0 N–H and O–H groups in total. The zero-order chi connectivity index (χ0) is 22.4. The highest BCUT2D eigenvalue weighted by atomic mass is 35.5. The van der Waals surface area contributed by atoms with Crippen molar-refractivity contribution in [1.82, 2.24) is 9.38 Å². The fourth-order valence-corrected chi connectivity index (χ4v) is 5.07. The van der Waals surface area contributed by atoms with E-state index in [-0.39, 0.29) is 5.56 Å². The zero-order valence-corrected chi connectivity index (χ0v) is 19.7. The molecule has 0 radical (unpaired) electrons. The molecular formula is C25H18Cl2N2O2S. The van der Waals surface area contributed by atoms with Crippen molar-refractivity contribution in [3.8, 4) is 5.75 Å². The van der Waals surface area contributed by atoms with Crippen LogP contribution >= 0.6 is 34.5 Å². The molecule has 7 heteroatoms. The van der Waals surface area contributed by atoms with Crippen LogP contribution in [0.4, 0.5) is 0 Å². The number of hydrogen-bond donors (Lipinski definition) is 0. The summed E-state index contributed by atoms with van der Waals surface area (Å²) in [7, 11) is 0. The summed E-state index contributed by atoms with van der Waals surface area (Å²) in [5.74, 6) is 0.667. The van der Waals surface area contributed by atoms with Crippen LogP contribution in [-0.2, 0) is 6.61 Å². The lowest BCUT2D eigenvalue weighted by Crippen LogP contribution is -2.22. The Hall–Kier alpha value is -2.86. The predicted octanol–water partition coefficient (Wildman–Crippen LogP) is 5.96. The van der Waals surface area contributed by atoms with E-state index in [1.165, 1.54) is 11.3 Å². The summed E-state index contributed by atoms with van der Waals surface area (Å²) in [5.41, 5.74) is 5.55. The largest absolute Gasteiger partial charge is 0.488 e. The molecule has 0 bridgehead atoms. The first-order valence-corrected chi connectivity index (χ1v) is 11.6. The van der Waals surface area contributed by atoms with Crippen molar-refractivity contribution in [2.75, 3.05) is 0 Å². The van der Waals surface area contributed by atoms with Crippen LogP contribution in [0.3, 0.4) is 0 Å². The molecule has 32 heavy (non-hydrogen) atoms. The molecule has 3 aromatic carbocycles. The fourth-order valence-electron chi connectivity index (χ4n) is 3.63. The highest BCUT2D eigenvalue weighted by Gasteiger charge is 2.14. The topological polar surface area (TPSA) is 43.6 Å². The number of thiazole rings is 1. The highest BCUT2D eigenvalue weighted by molar-refractivity contribution is 7.15. The Balaban J connectivity index is 1.55. The summed E-state index contributed by atoms with van der Waals surface area (Å²) in [6.45, 7) is 4.38. The molecule has 0 unspecified atom stereocenters. The molecule has 0 saturated carbocycles. The van der Waals surface area contributed by atoms with E-state index in [4.69, 9.17) is 32.9 Å². The van der Waals surface area contributed by atoms with Gasteiger partial charge in [0.15, 0.2) is 4.96 Å². The minimum absolute atomic E-state index is 0.0775. The van der Waals surface area contributed by atoms with Crippen molar-refractivity contribution >= 4 is 56.6 Å². The third kappa shape index (κ3) is 3.66. The molecule has 0 amide bonds. The van der Waals surface area contributed by atoms with E-state index in [1.54, 1.807) is 16.5 Å². The van der Waals surface area contributed by atoms with Crippen molar-refractivity contribution in [3.63, 3.8) is 0 Å². The number of aryl methyl sites for hydroxylation is 2. The zero-order valence-electron chi connectivity index (χ0n) is 17.4. The van der Waals surface area contributed by atoms with Gasteiger partial charge in [0.2, 0.25) is 0 Å². The highest BCUT2D eigenvalue weighted by Crippen LogP contribution is 2.25. The van der Waals surface area contributed by atoms with Gasteiger partial charge < -0.3 is 4.74 Å². The van der Waals surface area contributed by atoms with E-state index in [0.29, 0.717) is 31.9 Å². The number of hydrogen-bond acceptors (Lipinski definition) is 4. The average Bonchev–Trinajstić information content (AvgIpc) is 3.28. The monoisotopic (exact) mass is 480 g/mol. The summed E-state index contributed by atoms with van der Waals surface area (Å²) in [6.07, 6.45) is 1.85. The number of benzene rings is 3. The van der Waals surface area contributed by atoms with E-state index in [9.17, 15) is 4.79 Å². The van der Waals surface area contributed by atoms with Gasteiger partial charge in [-0.05, 0) is 55.3 Å². The standard InChI is InChI=1S/C25H18Cl2N2O2S/c1-14-7-10-20-23(15(14)2)28-25-29(20)24(30)22(32-25)11-16-5-3-4-6-21(16)31-13-17-8-9-18(26)12-19(17)27/h3-12H,13H2,1-2H3. The molecule has 0 aliphatic rings. The van der Waals surface area contributed by atoms with Gasteiger partial charge in [0, 0.05) is 21.2 Å². The molecule has 5 rings (SSSR count). The third-order valence-corrected chi connectivity index (χ3v) is 7.09. The Bertz CT molecular complexity index is 1600. The maximum atomic E-state index is 13.2. The lowest BCUT2D eigenvalue weighted by molar-refractivity contribution is 0.305. The van der Waals surface area contributed by atoms with Gasteiger partial charge in [0.25, 0.3) is 5.56 Å². The van der Waals surface area contributed by atoms with Gasteiger partial charge in [-0.25, -0.2) is 9.38 Å². The number of ether oxygens (including phenoxy) is 1. The van der Waals surface area contributed by atoms with Crippen LogP contribution in [0.2, 0.25) is 10.0 Å². The molecule has 0 aliphatic carbocycles. The minimum Gasteiger partial charge on any atom is -0.488 e. The maximum absolute atomic E-state index is 13.2. The van der Waals surface area contributed by atoms with Crippen LogP contribution in [0.5, 0.6) is 5.75 Å². The van der Waals surface area contributed by atoms with E-state index in [1.807, 2.05) is 62.4 Å². The summed E-state index contributed by atoms with van der Waals surface area (Å²) in [6, 6.07) is 16.9. The molecule has 160 valence electrons. The molecule has 4 nitrogen and oxygen atoms in total. The SMILES string of the molecule is Cc1ccc2c(nc3sc(=Cc4ccccc4OCc4ccc(Cl)cc4Cl)c(=O)n32)c1C. The first-order chi connectivity index (χ1) is 15.4. The normalized spacial score (nSPS) is 12.2. The maximum Gasteiger partial charge on any atom is 0.274 e. The Morgan fingerprint density at radius 2 is 1.91 bits per heavy atom. The Morgan fingerprint density at radius 3 is 2.72 bits per heavy atom. The smallest absolute Gasteiger partial charge is 0.274 e. The number of aromatic nitrogens is 2. The molecule has 0 aliphatic heterocycles. The number of rotatable bonds is 4. The van der Waals surface area contributed by atoms with Crippen molar-refractivity contribution < 1.29 is 4.74 Å². The summed E-state index contributed by atoms with van der Waals surface area (Å²) in [4.78, 5) is 18.6. The number of para-hydroxylation sites is 1. The average molecular weight is 481 g/mol. The van der Waals surface area contributed by atoms with Gasteiger partial charge in [-0.15, -0.1) is 0 Å². The summed E-state index contributed by atoms with van der Waals surface area (Å²) in [5, 5.41) is 1.13.